The lowest BCUT2D eigenvalue weighted by molar-refractivity contribution is 0.102. The van der Waals surface area contributed by atoms with Gasteiger partial charge in [0.1, 0.15) is 5.82 Å². The summed E-state index contributed by atoms with van der Waals surface area (Å²) >= 11 is 5.82. The van der Waals surface area contributed by atoms with E-state index in [1.165, 1.54) is 6.20 Å². The fourth-order valence-electron chi connectivity index (χ4n) is 2.00. The molecule has 0 fully saturated rings. The molecule has 0 aliphatic rings. The maximum atomic E-state index is 12.3. The molecule has 0 aliphatic carbocycles. The van der Waals surface area contributed by atoms with Crippen molar-refractivity contribution >= 4 is 29.0 Å². The van der Waals surface area contributed by atoms with Crippen LogP contribution in [0.3, 0.4) is 0 Å². The van der Waals surface area contributed by atoms with Gasteiger partial charge in [-0.15, -0.1) is 0 Å². The molecule has 3 rings (SSSR count). The molecule has 0 aliphatic heterocycles. The molecule has 2 heterocycles. The Balaban J connectivity index is 1.94. The molecule has 1 amide bonds. The fourth-order valence-corrected chi connectivity index (χ4v) is 2.12. The number of benzene rings is 1. The first-order valence-electron chi connectivity index (χ1n) is 6.30. The molecule has 106 valence electrons. The molecule has 0 saturated heterocycles. The van der Waals surface area contributed by atoms with E-state index in [1.807, 2.05) is 0 Å². The van der Waals surface area contributed by atoms with E-state index in [1.54, 1.807) is 42.6 Å². The second-order valence-electron chi connectivity index (χ2n) is 4.59. The number of nitrogens with one attached hydrogen (secondary N) is 1. The molecule has 3 aromatic rings. The third-order valence-electron chi connectivity index (χ3n) is 3.06. The maximum Gasteiger partial charge on any atom is 0.259 e. The van der Waals surface area contributed by atoms with Crippen molar-refractivity contribution in [1.82, 2.24) is 19.6 Å². The van der Waals surface area contributed by atoms with Gasteiger partial charge >= 0.3 is 0 Å². The minimum atomic E-state index is -0.252. The summed E-state index contributed by atoms with van der Waals surface area (Å²) in [6.07, 6.45) is 1.50. The standard InChI is InChI=1S/C14H12ClN5O/c1-8-12(7-16-14-17-9(2)19-20(8)14)13(21)18-11-5-3-10(15)4-6-11/h3-7H,1-2H3,(H,18,21). The van der Waals surface area contributed by atoms with Crippen LogP contribution in [-0.4, -0.2) is 25.5 Å². The normalized spacial score (nSPS) is 10.8. The number of fused-ring (bicyclic) bond motifs is 1. The Morgan fingerprint density at radius 1 is 1.24 bits per heavy atom. The van der Waals surface area contributed by atoms with E-state index in [4.69, 9.17) is 11.6 Å². The van der Waals surface area contributed by atoms with Crippen LogP contribution in [0.15, 0.2) is 30.5 Å². The molecule has 1 aromatic carbocycles. The van der Waals surface area contributed by atoms with Crippen LogP contribution in [0.1, 0.15) is 21.9 Å². The number of rotatable bonds is 2. The van der Waals surface area contributed by atoms with Crippen molar-refractivity contribution in [2.24, 2.45) is 0 Å². The molecule has 21 heavy (non-hydrogen) atoms. The van der Waals surface area contributed by atoms with Crippen molar-refractivity contribution in [3.05, 3.63) is 52.6 Å². The van der Waals surface area contributed by atoms with Crippen molar-refractivity contribution in [1.29, 1.82) is 0 Å². The monoisotopic (exact) mass is 301 g/mol. The molecule has 0 spiro atoms. The average Bonchev–Trinajstić information content (AvgIpc) is 2.83. The number of anilines is 1. The van der Waals surface area contributed by atoms with Crippen LogP contribution in [0.25, 0.3) is 5.78 Å². The van der Waals surface area contributed by atoms with Crippen LogP contribution < -0.4 is 5.32 Å². The van der Waals surface area contributed by atoms with Crippen LogP contribution in [-0.2, 0) is 0 Å². The number of amides is 1. The van der Waals surface area contributed by atoms with E-state index in [2.05, 4.69) is 20.4 Å². The molecule has 0 radical (unpaired) electrons. The summed E-state index contributed by atoms with van der Waals surface area (Å²) in [6, 6.07) is 6.90. The van der Waals surface area contributed by atoms with E-state index in [0.29, 0.717) is 33.6 Å². The quantitative estimate of drug-likeness (QED) is 0.790. The van der Waals surface area contributed by atoms with Gasteiger partial charge in [-0.1, -0.05) is 11.6 Å². The van der Waals surface area contributed by atoms with Gasteiger partial charge in [0.25, 0.3) is 11.7 Å². The van der Waals surface area contributed by atoms with Crippen molar-refractivity contribution in [3.8, 4) is 0 Å². The zero-order valence-corrected chi connectivity index (χ0v) is 12.2. The highest BCUT2D eigenvalue weighted by molar-refractivity contribution is 6.30. The van der Waals surface area contributed by atoms with Crippen molar-refractivity contribution in [2.45, 2.75) is 13.8 Å². The van der Waals surface area contributed by atoms with Crippen LogP contribution in [0.2, 0.25) is 5.02 Å². The van der Waals surface area contributed by atoms with E-state index in [-0.39, 0.29) is 5.91 Å². The van der Waals surface area contributed by atoms with Crippen LogP contribution in [0.4, 0.5) is 5.69 Å². The molecule has 2 aromatic heterocycles. The lowest BCUT2D eigenvalue weighted by atomic mass is 10.2. The van der Waals surface area contributed by atoms with Crippen molar-refractivity contribution < 1.29 is 4.79 Å². The zero-order chi connectivity index (χ0) is 15.0. The Bertz CT molecular complexity index is 825. The molecule has 0 bridgehead atoms. The highest BCUT2D eigenvalue weighted by Gasteiger charge is 2.14. The Morgan fingerprint density at radius 2 is 1.95 bits per heavy atom. The Hall–Kier alpha value is -2.47. The number of halogens is 1. The number of aromatic nitrogens is 4. The molecule has 7 heteroatoms. The number of nitrogens with zero attached hydrogens (tertiary/aromatic N) is 4. The lowest BCUT2D eigenvalue weighted by Gasteiger charge is -2.08. The number of carbonyl (C=O) groups excluding carboxylic acids is 1. The maximum absolute atomic E-state index is 12.3. The summed E-state index contributed by atoms with van der Waals surface area (Å²) < 4.78 is 1.56. The van der Waals surface area contributed by atoms with Gasteiger partial charge in [-0.3, -0.25) is 4.79 Å². The summed E-state index contributed by atoms with van der Waals surface area (Å²) in [5.41, 5.74) is 1.80. The van der Waals surface area contributed by atoms with Gasteiger partial charge in [0.15, 0.2) is 0 Å². The molecule has 6 nitrogen and oxygen atoms in total. The summed E-state index contributed by atoms with van der Waals surface area (Å²) in [7, 11) is 0. The van der Waals surface area contributed by atoms with Gasteiger partial charge in [-0.05, 0) is 38.1 Å². The van der Waals surface area contributed by atoms with E-state index < -0.39 is 0 Å². The fraction of sp³-hybridized carbons (Fsp3) is 0.143. The van der Waals surface area contributed by atoms with Crippen LogP contribution >= 0.6 is 11.6 Å². The van der Waals surface area contributed by atoms with Crippen molar-refractivity contribution in [2.75, 3.05) is 5.32 Å². The SMILES string of the molecule is Cc1nc2ncc(C(=O)Nc3ccc(Cl)cc3)c(C)n2n1. The predicted octanol–water partition coefficient (Wildman–Crippen LogP) is 2.65. The molecule has 1 N–H and O–H groups in total. The Labute approximate surface area is 125 Å². The third-order valence-corrected chi connectivity index (χ3v) is 3.31. The highest BCUT2D eigenvalue weighted by Crippen LogP contribution is 2.15. The minimum absolute atomic E-state index is 0.252. The first kappa shape index (κ1) is 13.5. The van der Waals surface area contributed by atoms with E-state index >= 15 is 0 Å². The smallest absolute Gasteiger partial charge is 0.259 e. The largest absolute Gasteiger partial charge is 0.322 e. The number of hydrogen-bond donors (Lipinski definition) is 1. The van der Waals surface area contributed by atoms with Gasteiger partial charge in [-0.2, -0.15) is 10.1 Å². The summed E-state index contributed by atoms with van der Waals surface area (Å²) in [5, 5.41) is 7.63. The minimum Gasteiger partial charge on any atom is -0.322 e. The molecule has 0 atom stereocenters. The summed E-state index contributed by atoms with van der Waals surface area (Å²) in [5.74, 6) is 0.839. The molecular formula is C14H12ClN5O. The van der Waals surface area contributed by atoms with Gasteiger partial charge in [-0.25, -0.2) is 9.50 Å². The number of aryl methyl sites for hydroxylation is 2. The van der Waals surface area contributed by atoms with Gasteiger partial charge < -0.3 is 5.32 Å². The molecule has 0 unspecified atom stereocenters. The van der Waals surface area contributed by atoms with E-state index in [0.717, 1.165) is 0 Å². The first-order valence-corrected chi connectivity index (χ1v) is 6.68. The van der Waals surface area contributed by atoms with Crippen LogP contribution in [0.5, 0.6) is 0 Å². The Kier molecular flexibility index (Phi) is 3.31. The molecular weight excluding hydrogens is 290 g/mol. The highest BCUT2D eigenvalue weighted by atomic mass is 35.5. The number of carbonyl (C=O) groups is 1. The predicted molar refractivity (Wildman–Crippen MR) is 79.7 cm³/mol. The second kappa shape index (κ2) is 5.14. The van der Waals surface area contributed by atoms with Crippen molar-refractivity contribution in [3.63, 3.8) is 0 Å². The van der Waals surface area contributed by atoms with Gasteiger partial charge in [0, 0.05) is 16.9 Å². The first-order chi connectivity index (χ1) is 10.0. The lowest BCUT2D eigenvalue weighted by Crippen LogP contribution is -2.16. The summed E-state index contributed by atoms with van der Waals surface area (Å²) in [4.78, 5) is 20.6. The summed E-state index contributed by atoms with van der Waals surface area (Å²) in [6.45, 7) is 3.58. The van der Waals surface area contributed by atoms with E-state index in [9.17, 15) is 4.79 Å². The molecule has 0 saturated carbocycles. The Morgan fingerprint density at radius 3 is 2.67 bits per heavy atom. The zero-order valence-electron chi connectivity index (χ0n) is 11.5. The number of hydrogen-bond acceptors (Lipinski definition) is 4. The third kappa shape index (κ3) is 2.57. The topological polar surface area (TPSA) is 72.2 Å². The van der Waals surface area contributed by atoms with Gasteiger partial charge in [0.2, 0.25) is 0 Å². The second-order valence-corrected chi connectivity index (χ2v) is 5.03. The average molecular weight is 302 g/mol. The van der Waals surface area contributed by atoms with Gasteiger partial charge in [0.05, 0.1) is 11.3 Å². The van der Waals surface area contributed by atoms with Crippen LogP contribution in [0, 0.1) is 13.8 Å².